The molecule has 0 atom stereocenters. The van der Waals surface area contributed by atoms with Crippen LogP contribution in [-0.4, -0.2) is 24.4 Å². The van der Waals surface area contributed by atoms with Crippen LogP contribution in [-0.2, 0) is 0 Å². The van der Waals surface area contributed by atoms with E-state index >= 15 is 0 Å². The monoisotopic (exact) mass is 427 g/mol. The lowest BCUT2D eigenvalue weighted by molar-refractivity contribution is -0.385. The number of carbonyl (C=O) groups is 1. The Balaban J connectivity index is 2.41. The zero-order chi connectivity index (χ0) is 19.3. The SMILES string of the molecule is COc1cc(/C=C/C(=O)c2cccc(Br)c2)c([N+](=O)[O-])cc1OC(F)F. The van der Waals surface area contributed by atoms with Gasteiger partial charge in [0.1, 0.15) is 0 Å². The van der Waals surface area contributed by atoms with Crippen LogP contribution in [0.15, 0.2) is 46.9 Å². The second-order valence-corrected chi connectivity index (χ2v) is 5.82. The molecule has 0 aliphatic carbocycles. The number of allylic oxidation sites excluding steroid dienone is 1. The van der Waals surface area contributed by atoms with Gasteiger partial charge in [-0.1, -0.05) is 28.1 Å². The first-order chi connectivity index (χ1) is 12.3. The fourth-order valence-electron chi connectivity index (χ4n) is 2.11. The lowest BCUT2D eigenvalue weighted by Crippen LogP contribution is -2.05. The molecule has 0 spiro atoms. The van der Waals surface area contributed by atoms with E-state index < -0.39 is 23.0 Å². The van der Waals surface area contributed by atoms with Crippen LogP contribution in [0, 0.1) is 10.1 Å². The van der Waals surface area contributed by atoms with Gasteiger partial charge in [-0.15, -0.1) is 0 Å². The quantitative estimate of drug-likeness (QED) is 0.272. The van der Waals surface area contributed by atoms with Crippen molar-refractivity contribution in [1.82, 2.24) is 0 Å². The van der Waals surface area contributed by atoms with Crippen LogP contribution in [0.1, 0.15) is 15.9 Å². The van der Waals surface area contributed by atoms with Gasteiger partial charge in [0.25, 0.3) is 5.69 Å². The van der Waals surface area contributed by atoms with E-state index in [2.05, 4.69) is 20.7 Å². The normalized spacial score (nSPS) is 11.0. The van der Waals surface area contributed by atoms with E-state index in [0.717, 1.165) is 18.2 Å². The molecule has 2 rings (SSSR count). The molecule has 6 nitrogen and oxygen atoms in total. The molecule has 136 valence electrons. The van der Waals surface area contributed by atoms with Gasteiger partial charge in [-0.05, 0) is 30.4 Å². The lowest BCUT2D eigenvalue weighted by atomic mass is 10.1. The third-order valence-corrected chi connectivity index (χ3v) is 3.74. The lowest BCUT2D eigenvalue weighted by Gasteiger charge is -2.10. The van der Waals surface area contributed by atoms with Gasteiger partial charge in [-0.2, -0.15) is 8.78 Å². The number of nitro groups is 1. The van der Waals surface area contributed by atoms with Crippen LogP contribution < -0.4 is 9.47 Å². The highest BCUT2D eigenvalue weighted by Crippen LogP contribution is 2.36. The Kier molecular flexibility index (Phi) is 6.40. The summed E-state index contributed by atoms with van der Waals surface area (Å²) in [4.78, 5) is 22.6. The summed E-state index contributed by atoms with van der Waals surface area (Å²) in [7, 11) is 1.21. The Morgan fingerprint density at radius 1 is 1.27 bits per heavy atom. The number of halogens is 3. The molecule has 9 heteroatoms. The maximum atomic E-state index is 12.4. The summed E-state index contributed by atoms with van der Waals surface area (Å²) in [5, 5.41) is 11.2. The Hall–Kier alpha value is -2.81. The predicted octanol–water partition coefficient (Wildman–Crippen LogP) is 4.86. The van der Waals surface area contributed by atoms with Crippen molar-refractivity contribution in [3.05, 3.63) is 68.2 Å². The standard InChI is InChI=1S/C17H12BrF2NO5/c1-25-15-8-10(13(21(23)24)9-16(15)26-17(19)20)5-6-14(22)11-3-2-4-12(18)7-11/h2-9,17H,1H3/b6-5+. The molecule has 26 heavy (non-hydrogen) atoms. The number of nitrogens with zero attached hydrogens (tertiary/aromatic N) is 1. The van der Waals surface area contributed by atoms with Crippen molar-refractivity contribution < 1.29 is 28.0 Å². The first-order valence-corrected chi connectivity index (χ1v) is 7.90. The summed E-state index contributed by atoms with van der Waals surface area (Å²) in [6.07, 6.45) is 2.37. The van der Waals surface area contributed by atoms with E-state index in [1.165, 1.54) is 13.2 Å². The average Bonchev–Trinajstić information content (AvgIpc) is 2.59. The van der Waals surface area contributed by atoms with Gasteiger partial charge in [-0.25, -0.2) is 0 Å². The first-order valence-electron chi connectivity index (χ1n) is 7.11. The van der Waals surface area contributed by atoms with Crippen LogP contribution in [0.25, 0.3) is 6.08 Å². The van der Waals surface area contributed by atoms with E-state index in [1.807, 2.05) is 0 Å². The number of carbonyl (C=O) groups excluding carboxylic acids is 1. The van der Waals surface area contributed by atoms with E-state index in [9.17, 15) is 23.7 Å². The highest BCUT2D eigenvalue weighted by atomic mass is 79.9. The molecule has 0 unspecified atom stereocenters. The van der Waals surface area contributed by atoms with Crippen LogP contribution in [0.3, 0.4) is 0 Å². The van der Waals surface area contributed by atoms with Gasteiger partial charge < -0.3 is 9.47 Å². The van der Waals surface area contributed by atoms with Gasteiger partial charge in [0, 0.05) is 10.0 Å². The molecule has 0 saturated heterocycles. The third kappa shape index (κ3) is 4.85. The Labute approximate surface area is 155 Å². The second kappa shape index (κ2) is 8.52. The number of benzene rings is 2. The fourth-order valence-corrected chi connectivity index (χ4v) is 2.51. The molecule has 0 aliphatic rings. The highest BCUT2D eigenvalue weighted by molar-refractivity contribution is 9.10. The maximum absolute atomic E-state index is 12.4. The molecule has 0 bridgehead atoms. The Morgan fingerprint density at radius 2 is 2.00 bits per heavy atom. The number of ether oxygens (including phenoxy) is 2. The van der Waals surface area contributed by atoms with Crippen molar-refractivity contribution in [2.45, 2.75) is 6.61 Å². The van der Waals surface area contributed by atoms with Crippen molar-refractivity contribution >= 4 is 33.5 Å². The number of rotatable bonds is 7. The van der Waals surface area contributed by atoms with Crippen molar-refractivity contribution in [3.63, 3.8) is 0 Å². The Bertz CT molecular complexity index is 870. The van der Waals surface area contributed by atoms with Gasteiger partial charge in [0.2, 0.25) is 0 Å². The summed E-state index contributed by atoms with van der Waals surface area (Å²) >= 11 is 3.25. The minimum atomic E-state index is -3.16. The van der Waals surface area contributed by atoms with Gasteiger partial charge >= 0.3 is 6.61 Å². The van der Waals surface area contributed by atoms with E-state index in [1.54, 1.807) is 24.3 Å². The molecule has 0 N–H and O–H groups in total. The second-order valence-electron chi connectivity index (χ2n) is 4.91. The molecule has 0 saturated carbocycles. The molecular weight excluding hydrogens is 416 g/mol. The van der Waals surface area contributed by atoms with Crippen LogP contribution in [0.5, 0.6) is 11.5 Å². The minimum Gasteiger partial charge on any atom is -0.493 e. The summed E-state index contributed by atoms with van der Waals surface area (Å²) in [6, 6.07) is 8.59. The van der Waals surface area contributed by atoms with Crippen LogP contribution in [0.4, 0.5) is 14.5 Å². The molecule has 2 aromatic rings. The fraction of sp³-hybridized carbons (Fsp3) is 0.118. The topological polar surface area (TPSA) is 78.7 Å². The molecule has 0 radical (unpaired) electrons. The van der Waals surface area contributed by atoms with Gasteiger partial charge in [-0.3, -0.25) is 14.9 Å². The van der Waals surface area contributed by atoms with Gasteiger partial charge in [0.15, 0.2) is 17.3 Å². The van der Waals surface area contributed by atoms with Crippen molar-refractivity contribution in [1.29, 1.82) is 0 Å². The smallest absolute Gasteiger partial charge is 0.387 e. The number of methoxy groups -OCH3 is 1. The van der Waals surface area contributed by atoms with Crippen molar-refractivity contribution in [3.8, 4) is 11.5 Å². The number of hydrogen-bond acceptors (Lipinski definition) is 5. The number of alkyl halides is 2. The minimum absolute atomic E-state index is 0.0109. The maximum Gasteiger partial charge on any atom is 0.387 e. The average molecular weight is 428 g/mol. The Morgan fingerprint density at radius 3 is 2.58 bits per heavy atom. The summed E-state index contributed by atoms with van der Waals surface area (Å²) in [5.41, 5.74) is -0.112. The number of hydrogen-bond donors (Lipinski definition) is 0. The predicted molar refractivity (Wildman–Crippen MR) is 93.8 cm³/mol. The number of ketones is 1. The molecule has 2 aromatic carbocycles. The van der Waals surface area contributed by atoms with Crippen molar-refractivity contribution in [2.24, 2.45) is 0 Å². The molecule has 0 amide bonds. The molecular formula is C17H12BrF2NO5. The zero-order valence-electron chi connectivity index (χ0n) is 13.3. The van der Waals surface area contributed by atoms with E-state index in [4.69, 9.17) is 4.74 Å². The highest BCUT2D eigenvalue weighted by Gasteiger charge is 2.20. The van der Waals surface area contributed by atoms with Crippen molar-refractivity contribution in [2.75, 3.05) is 7.11 Å². The zero-order valence-corrected chi connectivity index (χ0v) is 14.9. The molecule has 0 aliphatic heterocycles. The van der Waals surface area contributed by atoms with E-state index in [-0.39, 0.29) is 17.1 Å². The van der Waals surface area contributed by atoms with E-state index in [0.29, 0.717) is 10.0 Å². The third-order valence-electron chi connectivity index (χ3n) is 3.25. The first kappa shape index (κ1) is 19.5. The summed E-state index contributed by atoms with van der Waals surface area (Å²) in [6.45, 7) is -3.16. The summed E-state index contributed by atoms with van der Waals surface area (Å²) < 4.78 is 34.7. The largest absolute Gasteiger partial charge is 0.493 e. The molecule has 0 fully saturated rings. The van der Waals surface area contributed by atoms with Crippen LogP contribution >= 0.6 is 15.9 Å². The number of nitro benzene ring substituents is 1. The molecule has 0 aromatic heterocycles. The molecule has 0 heterocycles. The van der Waals surface area contributed by atoms with Crippen LogP contribution in [0.2, 0.25) is 0 Å². The van der Waals surface area contributed by atoms with Gasteiger partial charge in [0.05, 0.1) is 23.7 Å². The summed E-state index contributed by atoms with van der Waals surface area (Å²) in [5.74, 6) is -0.970.